The molecule has 1 aliphatic rings. The molecule has 0 fully saturated rings. The predicted molar refractivity (Wildman–Crippen MR) is 132 cm³/mol. The van der Waals surface area contributed by atoms with E-state index in [1.165, 1.54) is 17.3 Å². The molecule has 3 amide bonds. The van der Waals surface area contributed by atoms with Gasteiger partial charge in [-0.05, 0) is 67.7 Å². The highest BCUT2D eigenvalue weighted by molar-refractivity contribution is 6.00. The molecule has 34 heavy (non-hydrogen) atoms. The summed E-state index contributed by atoms with van der Waals surface area (Å²) in [5.74, 6) is 5.49. The van der Waals surface area contributed by atoms with Crippen LogP contribution >= 0.6 is 0 Å². The Hall–Kier alpha value is -3.96. The SMILES string of the molecule is CN1C(=O)C(NC(=O)N/C=C(\C=N)Cc2ccncc2)CCc2ccc(C#CC(C)(C)O)cc21. The largest absolute Gasteiger partial charge is 0.378 e. The number of fused-ring (bicyclic) bond motifs is 1. The second-order valence-electron chi connectivity index (χ2n) is 8.65. The predicted octanol–water partition coefficient (Wildman–Crippen LogP) is 2.56. The molecule has 0 spiro atoms. The average Bonchev–Trinajstić information content (AvgIpc) is 2.92. The van der Waals surface area contributed by atoms with Crippen LogP contribution in [0.1, 0.15) is 37.0 Å². The van der Waals surface area contributed by atoms with Crippen LogP contribution < -0.4 is 15.5 Å². The molecule has 4 N–H and O–H groups in total. The van der Waals surface area contributed by atoms with Gasteiger partial charge in [-0.1, -0.05) is 17.9 Å². The molecule has 0 radical (unpaired) electrons. The van der Waals surface area contributed by atoms with Gasteiger partial charge < -0.3 is 26.0 Å². The molecule has 2 aromatic rings. The van der Waals surface area contributed by atoms with Gasteiger partial charge in [-0.3, -0.25) is 9.78 Å². The molecule has 0 bridgehead atoms. The summed E-state index contributed by atoms with van der Waals surface area (Å²) >= 11 is 0. The number of nitrogens with one attached hydrogen (secondary N) is 3. The van der Waals surface area contributed by atoms with E-state index in [1.54, 1.807) is 33.3 Å². The van der Waals surface area contributed by atoms with E-state index in [0.29, 0.717) is 30.4 Å². The summed E-state index contributed by atoms with van der Waals surface area (Å²) in [6.45, 7) is 3.22. The summed E-state index contributed by atoms with van der Waals surface area (Å²) in [5.41, 5.74) is 2.89. The van der Waals surface area contributed by atoms with E-state index >= 15 is 0 Å². The fraction of sp³-hybridized carbons (Fsp3) is 0.308. The lowest BCUT2D eigenvalue weighted by atomic mass is 10.0. The van der Waals surface area contributed by atoms with Gasteiger partial charge in [0.15, 0.2) is 0 Å². The lowest BCUT2D eigenvalue weighted by Crippen LogP contribution is -2.49. The first-order valence-corrected chi connectivity index (χ1v) is 11.0. The fourth-order valence-electron chi connectivity index (χ4n) is 3.54. The molecule has 1 aromatic carbocycles. The van der Waals surface area contributed by atoms with Crippen LogP contribution in [-0.2, 0) is 17.6 Å². The van der Waals surface area contributed by atoms with Crippen molar-refractivity contribution < 1.29 is 14.7 Å². The number of urea groups is 1. The van der Waals surface area contributed by atoms with Crippen molar-refractivity contribution in [3.63, 3.8) is 0 Å². The van der Waals surface area contributed by atoms with Crippen LogP contribution in [0.4, 0.5) is 10.5 Å². The maximum absolute atomic E-state index is 13.1. The van der Waals surface area contributed by atoms with Gasteiger partial charge in [0.2, 0.25) is 5.91 Å². The maximum Gasteiger partial charge on any atom is 0.319 e. The monoisotopic (exact) mass is 459 g/mol. The molecular weight excluding hydrogens is 430 g/mol. The molecule has 3 rings (SSSR count). The van der Waals surface area contributed by atoms with Gasteiger partial charge in [-0.2, -0.15) is 0 Å². The van der Waals surface area contributed by atoms with Crippen LogP contribution in [0.25, 0.3) is 0 Å². The van der Waals surface area contributed by atoms with E-state index < -0.39 is 17.7 Å². The molecule has 2 heterocycles. The molecule has 1 aromatic heterocycles. The topological polar surface area (TPSA) is 118 Å². The number of anilines is 1. The lowest BCUT2D eigenvalue weighted by molar-refractivity contribution is -0.120. The normalized spacial score (nSPS) is 16.0. The summed E-state index contributed by atoms with van der Waals surface area (Å²) in [6, 6.07) is 8.10. The van der Waals surface area contributed by atoms with E-state index in [1.807, 2.05) is 30.3 Å². The van der Waals surface area contributed by atoms with Crippen molar-refractivity contribution in [2.24, 2.45) is 0 Å². The van der Waals surface area contributed by atoms with Crippen LogP contribution in [0.5, 0.6) is 0 Å². The zero-order valence-electron chi connectivity index (χ0n) is 19.6. The number of aromatic nitrogens is 1. The molecule has 1 atom stereocenters. The summed E-state index contributed by atoms with van der Waals surface area (Å²) < 4.78 is 0. The lowest BCUT2D eigenvalue weighted by Gasteiger charge is -2.22. The first-order valence-electron chi connectivity index (χ1n) is 11.0. The number of rotatable bonds is 5. The third-order valence-electron chi connectivity index (χ3n) is 5.33. The number of aryl methyl sites for hydroxylation is 1. The number of hydrogen-bond acceptors (Lipinski definition) is 5. The van der Waals surface area contributed by atoms with E-state index in [0.717, 1.165) is 16.8 Å². The Labute approximate surface area is 199 Å². The average molecular weight is 460 g/mol. The zero-order chi connectivity index (χ0) is 24.7. The zero-order valence-corrected chi connectivity index (χ0v) is 19.6. The minimum Gasteiger partial charge on any atom is -0.378 e. The van der Waals surface area contributed by atoms with Crippen molar-refractivity contribution in [3.8, 4) is 11.8 Å². The Morgan fingerprint density at radius 1 is 1.32 bits per heavy atom. The molecule has 0 saturated heterocycles. The summed E-state index contributed by atoms with van der Waals surface area (Å²) in [4.78, 5) is 31.0. The number of allylic oxidation sites excluding steroid dienone is 1. The van der Waals surface area contributed by atoms with Gasteiger partial charge in [0.25, 0.3) is 0 Å². The minimum atomic E-state index is -1.11. The van der Waals surface area contributed by atoms with Gasteiger partial charge in [-0.25, -0.2) is 4.79 Å². The maximum atomic E-state index is 13.1. The van der Waals surface area contributed by atoms with E-state index in [-0.39, 0.29) is 5.91 Å². The number of hydrogen-bond donors (Lipinski definition) is 4. The second-order valence-corrected chi connectivity index (χ2v) is 8.65. The van der Waals surface area contributed by atoms with Gasteiger partial charge in [0.1, 0.15) is 11.6 Å². The highest BCUT2D eigenvalue weighted by atomic mass is 16.3. The smallest absolute Gasteiger partial charge is 0.319 e. The molecule has 0 saturated carbocycles. The van der Waals surface area contributed by atoms with Gasteiger partial charge in [-0.15, -0.1) is 0 Å². The fourth-order valence-corrected chi connectivity index (χ4v) is 3.54. The Bertz CT molecular complexity index is 1160. The van der Waals surface area contributed by atoms with Crippen LogP contribution in [0.2, 0.25) is 0 Å². The first-order chi connectivity index (χ1) is 16.2. The number of nitrogens with zero attached hydrogens (tertiary/aromatic N) is 2. The quantitative estimate of drug-likeness (QED) is 0.406. The Morgan fingerprint density at radius 2 is 2.06 bits per heavy atom. The highest BCUT2D eigenvalue weighted by Gasteiger charge is 2.29. The molecule has 176 valence electrons. The molecule has 1 unspecified atom stereocenters. The van der Waals surface area contributed by atoms with E-state index in [9.17, 15) is 14.7 Å². The number of aliphatic hydroxyl groups is 1. The van der Waals surface area contributed by atoms with Gasteiger partial charge >= 0.3 is 6.03 Å². The van der Waals surface area contributed by atoms with E-state index in [4.69, 9.17) is 5.41 Å². The highest BCUT2D eigenvalue weighted by Crippen LogP contribution is 2.27. The van der Waals surface area contributed by atoms with Crippen molar-refractivity contribution in [3.05, 3.63) is 71.2 Å². The number of carbonyl (C=O) groups is 2. The molecular formula is C26H29N5O3. The molecule has 8 nitrogen and oxygen atoms in total. The van der Waals surface area contributed by atoms with Crippen LogP contribution in [0.15, 0.2) is 54.5 Å². The van der Waals surface area contributed by atoms with Crippen molar-refractivity contribution in [1.82, 2.24) is 15.6 Å². The van der Waals surface area contributed by atoms with Crippen molar-refractivity contribution in [2.75, 3.05) is 11.9 Å². The summed E-state index contributed by atoms with van der Waals surface area (Å²) in [6.07, 6.45) is 7.54. The summed E-state index contributed by atoms with van der Waals surface area (Å²) in [5, 5.41) is 22.8. The number of likely N-dealkylation sites (N-methyl/N-ethyl adjacent to an activating group) is 1. The third kappa shape index (κ3) is 6.77. The van der Waals surface area contributed by atoms with Gasteiger partial charge in [0.05, 0.1) is 0 Å². The Balaban J connectivity index is 1.66. The number of amides is 3. The van der Waals surface area contributed by atoms with Crippen LogP contribution in [0, 0.1) is 17.3 Å². The minimum absolute atomic E-state index is 0.227. The Kier molecular flexibility index (Phi) is 7.82. The first kappa shape index (κ1) is 24.7. The number of carbonyl (C=O) groups excluding carboxylic acids is 2. The van der Waals surface area contributed by atoms with Crippen molar-refractivity contribution in [2.45, 2.75) is 44.8 Å². The Morgan fingerprint density at radius 3 is 2.74 bits per heavy atom. The van der Waals surface area contributed by atoms with E-state index in [2.05, 4.69) is 27.5 Å². The number of pyridine rings is 1. The van der Waals surface area contributed by atoms with Crippen LogP contribution in [0.3, 0.4) is 0 Å². The molecule has 0 aliphatic carbocycles. The van der Waals surface area contributed by atoms with Gasteiger partial charge in [0, 0.05) is 49.5 Å². The summed E-state index contributed by atoms with van der Waals surface area (Å²) in [7, 11) is 1.67. The molecule has 1 aliphatic heterocycles. The third-order valence-corrected chi connectivity index (χ3v) is 5.33. The van der Waals surface area contributed by atoms with Crippen molar-refractivity contribution >= 4 is 23.8 Å². The van der Waals surface area contributed by atoms with Crippen LogP contribution in [-0.4, -0.2) is 46.9 Å². The van der Waals surface area contributed by atoms with Crippen molar-refractivity contribution in [1.29, 1.82) is 5.41 Å². The second kappa shape index (κ2) is 10.8. The standard InChI is InChI=1S/C26H29N5O3/c1-26(2,34)11-8-18-4-5-21-6-7-22(24(32)31(3)23(21)15-18)30-25(33)29-17-20(16-27)14-19-9-12-28-13-10-19/h4-5,9-10,12-13,15-17,22,27,34H,6-7,14H2,1-3H3,(H2,29,30,33)/b20-17-,27-16?. The molecule has 8 heteroatoms. The number of benzene rings is 1.